The number of halogens is 2. The Morgan fingerprint density at radius 1 is 1.30 bits per heavy atom. The highest BCUT2D eigenvalue weighted by atomic mass is 35.5. The van der Waals surface area contributed by atoms with Gasteiger partial charge in [-0.1, -0.05) is 23.2 Å². The molecule has 20 heavy (non-hydrogen) atoms. The molecular weight excluding hydrogens is 301 g/mol. The third-order valence-corrected chi connectivity index (χ3v) is 3.39. The van der Waals surface area contributed by atoms with Gasteiger partial charge in [-0.25, -0.2) is 9.78 Å². The lowest BCUT2D eigenvalue weighted by Crippen LogP contribution is -2.09. The monoisotopic (exact) mass is 313 g/mol. The highest BCUT2D eigenvalue weighted by Crippen LogP contribution is 2.35. The molecule has 1 heterocycles. The Balaban J connectivity index is 2.74. The van der Waals surface area contributed by atoms with Crippen LogP contribution in [0, 0.1) is 0 Å². The summed E-state index contributed by atoms with van der Waals surface area (Å²) >= 11 is 12.1. The summed E-state index contributed by atoms with van der Waals surface area (Å²) in [6, 6.07) is 4.96. The summed E-state index contributed by atoms with van der Waals surface area (Å²) in [6.07, 6.45) is -0.0550. The fraction of sp³-hybridized carbons (Fsp3) is 0.286. The molecule has 0 bridgehead atoms. The molecule has 1 aromatic carbocycles. The molecule has 0 saturated heterocycles. The quantitative estimate of drug-likeness (QED) is 0.800. The molecule has 2 aromatic rings. The lowest BCUT2D eigenvalue weighted by molar-refractivity contribution is 0.0593. The normalized spacial score (nSPS) is 10.9. The minimum Gasteiger partial charge on any atom is -0.490 e. The number of rotatable bonds is 3. The van der Waals surface area contributed by atoms with Crippen LogP contribution in [0.2, 0.25) is 10.0 Å². The van der Waals surface area contributed by atoms with Crippen molar-refractivity contribution in [3.05, 3.63) is 33.9 Å². The SMILES string of the molecule is COC(=O)c1cc(OC(C)C)c2ccc(Cl)c(Cl)c2n1. The molecule has 0 aliphatic heterocycles. The van der Waals surface area contributed by atoms with Crippen LogP contribution in [0.25, 0.3) is 10.9 Å². The molecule has 0 aliphatic carbocycles. The molecular formula is C14H13Cl2NO3. The molecule has 1 aromatic heterocycles. The van der Waals surface area contributed by atoms with E-state index in [0.29, 0.717) is 21.7 Å². The standard InChI is InChI=1S/C14H13Cl2NO3/c1-7(2)20-11-6-10(14(18)19-3)17-13-8(11)4-5-9(15)12(13)16/h4-7H,1-3H3. The molecule has 106 valence electrons. The topological polar surface area (TPSA) is 48.4 Å². The van der Waals surface area contributed by atoms with E-state index in [2.05, 4.69) is 9.72 Å². The number of carbonyl (C=O) groups is 1. The molecule has 0 atom stereocenters. The van der Waals surface area contributed by atoms with Crippen molar-refractivity contribution in [2.24, 2.45) is 0 Å². The van der Waals surface area contributed by atoms with Crippen molar-refractivity contribution in [3.63, 3.8) is 0 Å². The smallest absolute Gasteiger partial charge is 0.356 e. The van der Waals surface area contributed by atoms with Gasteiger partial charge in [0.15, 0.2) is 5.69 Å². The fourth-order valence-electron chi connectivity index (χ4n) is 1.76. The Kier molecular flexibility index (Phi) is 4.35. The summed E-state index contributed by atoms with van der Waals surface area (Å²) in [6.45, 7) is 3.78. The van der Waals surface area contributed by atoms with Gasteiger partial charge in [0.2, 0.25) is 0 Å². The van der Waals surface area contributed by atoms with Crippen LogP contribution >= 0.6 is 23.2 Å². The number of aromatic nitrogens is 1. The Morgan fingerprint density at radius 2 is 2.00 bits per heavy atom. The molecule has 4 nitrogen and oxygen atoms in total. The first-order valence-corrected chi connectivity index (χ1v) is 6.73. The minimum absolute atomic E-state index is 0.0550. The molecule has 0 aliphatic rings. The zero-order valence-electron chi connectivity index (χ0n) is 11.2. The summed E-state index contributed by atoms with van der Waals surface area (Å²) < 4.78 is 10.4. The number of hydrogen-bond donors (Lipinski definition) is 0. The van der Waals surface area contributed by atoms with Crippen molar-refractivity contribution in [1.29, 1.82) is 0 Å². The highest BCUT2D eigenvalue weighted by Gasteiger charge is 2.17. The lowest BCUT2D eigenvalue weighted by Gasteiger charge is -2.14. The van der Waals surface area contributed by atoms with Gasteiger partial charge < -0.3 is 9.47 Å². The molecule has 2 rings (SSSR count). The first-order chi connectivity index (χ1) is 9.43. The number of methoxy groups -OCH3 is 1. The maximum absolute atomic E-state index is 11.7. The first-order valence-electron chi connectivity index (χ1n) is 5.97. The molecule has 0 N–H and O–H groups in total. The molecule has 6 heteroatoms. The van der Waals surface area contributed by atoms with E-state index in [9.17, 15) is 4.79 Å². The zero-order chi connectivity index (χ0) is 14.9. The summed E-state index contributed by atoms with van der Waals surface area (Å²) in [4.78, 5) is 15.9. The second-order valence-corrected chi connectivity index (χ2v) is 5.21. The number of hydrogen-bond acceptors (Lipinski definition) is 4. The van der Waals surface area contributed by atoms with Crippen molar-refractivity contribution in [2.75, 3.05) is 7.11 Å². The maximum atomic E-state index is 11.7. The number of ether oxygens (including phenoxy) is 2. The van der Waals surface area contributed by atoms with E-state index in [0.717, 1.165) is 0 Å². The van der Waals surface area contributed by atoms with Crippen LogP contribution in [0.1, 0.15) is 24.3 Å². The number of carbonyl (C=O) groups excluding carboxylic acids is 1. The van der Waals surface area contributed by atoms with Crippen LogP contribution in [0.5, 0.6) is 5.75 Å². The van der Waals surface area contributed by atoms with Gasteiger partial charge in [0.05, 0.1) is 28.8 Å². The van der Waals surface area contributed by atoms with Crippen molar-refractivity contribution in [3.8, 4) is 5.75 Å². The van der Waals surface area contributed by atoms with E-state index in [4.69, 9.17) is 27.9 Å². The number of pyridine rings is 1. The Labute approximate surface area is 126 Å². The van der Waals surface area contributed by atoms with E-state index in [1.54, 1.807) is 18.2 Å². The second kappa shape index (κ2) is 5.85. The first kappa shape index (κ1) is 14.9. The highest BCUT2D eigenvalue weighted by molar-refractivity contribution is 6.45. The fourth-order valence-corrected chi connectivity index (χ4v) is 2.12. The van der Waals surface area contributed by atoms with Crippen molar-refractivity contribution in [2.45, 2.75) is 20.0 Å². The van der Waals surface area contributed by atoms with Crippen LogP contribution < -0.4 is 4.74 Å². The van der Waals surface area contributed by atoms with Crippen molar-refractivity contribution >= 4 is 40.1 Å². The van der Waals surface area contributed by atoms with E-state index < -0.39 is 5.97 Å². The Morgan fingerprint density at radius 3 is 2.60 bits per heavy atom. The number of nitrogens with zero attached hydrogens (tertiary/aromatic N) is 1. The van der Waals surface area contributed by atoms with Crippen LogP contribution in [0.3, 0.4) is 0 Å². The van der Waals surface area contributed by atoms with E-state index in [-0.39, 0.29) is 16.8 Å². The van der Waals surface area contributed by atoms with Gasteiger partial charge >= 0.3 is 5.97 Å². The zero-order valence-corrected chi connectivity index (χ0v) is 12.7. The van der Waals surface area contributed by atoms with Crippen LogP contribution in [0.15, 0.2) is 18.2 Å². The molecule has 0 unspecified atom stereocenters. The minimum atomic E-state index is -0.559. The van der Waals surface area contributed by atoms with Crippen LogP contribution in [-0.4, -0.2) is 24.2 Å². The van der Waals surface area contributed by atoms with Gasteiger partial charge in [0, 0.05) is 11.5 Å². The van der Waals surface area contributed by atoms with Crippen LogP contribution in [-0.2, 0) is 4.74 Å². The van der Waals surface area contributed by atoms with E-state index in [1.807, 2.05) is 13.8 Å². The van der Waals surface area contributed by atoms with Crippen molar-refractivity contribution < 1.29 is 14.3 Å². The Hall–Kier alpha value is -1.52. The largest absolute Gasteiger partial charge is 0.490 e. The van der Waals surface area contributed by atoms with Crippen LogP contribution in [0.4, 0.5) is 0 Å². The van der Waals surface area contributed by atoms with Gasteiger partial charge in [-0.15, -0.1) is 0 Å². The van der Waals surface area contributed by atoms with E-state index >= 15 is 0 Å². The third-order valence-electron chi connectivity index (χ3n) is 2.59. The molecule has 0 fully saturated rings. The van der Waals surface area contributed by atoms with Gasteiger partial charge in [0.1, 0.15) is 5.75 Å². The number of esters is 1. The van der Waals surface area contributed by atoms with E-state index in [1.165, 1.54) is 7.11 Å². The average molecular weight is 314 g/mol. The predicted octanol–water partition coefficient (Wildman–Crippen LogP) is 4.12. The Bertz CT molecular complexity index is 671. The molecule has 0 saturated carbocycles. The van der Waals surface area contributed by atoms with Gasteiger partial charge in [-0.05, 0) is 26.0 Å². The molecule has 0 spiro atoms. The second-order valence-electron chi connectivity index (χ2n) is 4.42. The third kappa shape index (κ3) is 2.81. The number of fused-ring (bicyclic) bond motifs is 1. The van der Waals surface area contributed by atoms with Crippen molar-refractivity contribution in [1.82, 2.24) is 4.98 Å². The summed E-state index contributed by atoms with van der Waals surface area (Å²) in [5.74, 6) is -0.0412. The van der Waals surface area contributed by atoms with Gasteiger partial charge in [0.25, 0.3) is 0 Å². The summed E-state index contributed by atoms with van der Waals surface area (Å²) in [5, 5.41) is 1.34. The maximum Gasteiger partial charge on any atom is 0.356 e. The lowest BCUT2D eigenvalue weighted by atomic mass is 10.1. The summed E-state index contributed by atoms with van der Waals surface area (Å²) in [5.41, 5.74) is 0.539. The molecule has 0 amide bonds. The van der Waals surface area contributed by atoms with Gasteiger partial charge in [-0.2, -0.15) is 0 Å². The molecule has 0 radical (unpaired) electrons. The summed E-state index contributed by atoms with van der Waals surface area (Å²) in [7, 11) is 1.29. The van der Waals surface area contributed by atoms with Gasteiger partial charge in [-0.3, -0.25) is 0 Å². The average Bonchev–Trinajstić information content (AvgIpc) is 2.41. The number of benzene rings is 1. The predicted molar refractivity (Wildman–Crippen MR) is 78.9 cm³/mol.